The Hall–Kier alpha value is -1.09. The Morgan fingerprint density at radius 2 is 2.19 bits per heavy atom. The topological polar surface area (TPSA) is 23.5 Å². The number of aliphatic hydroxyl groups is 1. The van der Waals surface area contributed by atoms with Crippen LogP contribution >= 0.6 is 0 Å². The van der Waals surface area contributed by atoms with E-state index in [0.29, 0.717) is 5.56 Å². The first-order chi connectivity index (χ1) is 7.59. The van der Waals surface area contributed by atoms with E-state index in [-0.39, 0.29) is 5.82 Å². The number of anilines is 1. The van der Waals surface area contributed by atoms with Crippen LogP contribution in [0.2, 0.25) is 0 Å². The second-order valence-electron chi connectivity index (χ2n) is 4.67. The molecular weight excluding hydrogens is 205 g/mol. The molecule has 0 spiro atoms. The molecule has 1 aromatic rings. The first-order valence-corrected chi connectivity index (χ1v) is 5.77. The maximum absolute atomic E-state index is 13.6. The molecule has 0 bridgehead atoms. The van der Waals surface area contributed by atoms with Gasteiger partial charge in [0.05, 0.1) is 6.10 Å². The number of aliphatic hydroxyl groups excluding tert-OH is 1. The lowest BCUT2D eigenvalue weighted by atomic mass is 10.1. The van der Waals surface area contributed by atoms with Crippen molar-refractivity contribution in [1.29, 1.82) is 0 Å². The smallest absolute Gasteiger partial charge is 0.131 e. The molecule has 2 rings (SSSR count). The molecular formula is C13H18FNO. The van der Waals surface area contributed by atoms with Crippen molar-refractivity contribution >= 4 is 5.69 Å². The van der Waals surface area contributed by atoms with Gasteiger partial charge in [-0.15, -0.1) is 0 Å². The van der Waals surface area contributed by atoms with Gasteiger partial charge in [-0.25, -0.2) is 4.39 Å². The van der Waals surface area contributed by atoms with Crippen LogP contribution in [0.3, 0.4) is 0 Å². The fourth-order valence-electron chi connectivity index (χ4n) is 2.06. The van der Waals surface area contributed by atoms with Crippen LogP contribution in [0.4, 0.5) is 10.1 Å². The molecule has 1 N–H and O–H groups in total. The van der Waals surface area contributed by atoms with Crippen molar-refractivity contribution in [3.63, 3.8) is 0 Å². The standard InChI is InChI=1S/C13H18FNO/c1-9(16)13-11(14)4-3-5-12(13)15(2)8-10-6-7-10/h3-5,9-10,16H,6-8H2,1-2H3/t9-/m0/s1. The van der Waals surface area contributed by atoms with Gasteiger partial charge in [-0.1, -0.05) is 6.07 Å². The van der Waals surface area contributed by atoms with Gasteiger partial charge in [0.25, 0.3) is 0 Å². The molecule has 0 heterocycles. The van der Waals surface area contributed by atoms with E-state index in [2.05, 4.69) is 0 Å². The molecule has 0 aromatic heterocycles. The molecule has 0 amide bonds. The maximum atomic E-state index is 13.6. The van der Waals surface area contributed by atoms with Crippen molar-refractivity contribution in [3.05, 3.63) is 29.6 Å². The van der Waals surface area contributed by atoms with Crippen LogP contribution in [-0.4, -0.2) is 18.7 Å². The fraction of sp³-hybridized carbons (Fsp3) is 0.538. The van der Waals surface area contributed by atoms with Gasteiger partial charge in [0, 0.05) is 24.8 Å². The molecule has 0 aliphatic heterocycles. The van der Waals surface area contributed by atoms with Crippen LogP contribution < -0.4 is 4.90 Å². The average Bonchev–Trinajstić information content (AvgIpc) is 3.00. The van der Waals surface area contributed by atoms with Crippen molar-refractivity contribution in [2.24, 2.45) is 5.92 Å². The van der Waals surface area contributed by atoms with Crippen LogP contribution in [0.15, 0.2) is 18.2 Å². The van der Waals surface area contributed by atoms with Gasteiger partial charge in [-0.3, -0.25) is 0 Å². The molecule has 1 aromatic carbocycles. The lowest BCUT2D eigenvalue weighted by molar-refractivity contribution is 0.194. The minimum absolute atomic E-state index is 0.324. The molecule has 1 atom stereocenters. The van der Waals surface area contributed by atoms with Crippen molar-refractivity contribution in [2.45, 2.75) is 25.9 Å². The lowest BCUT2D eigenvalue weighted by Gasteiger charge is -2.23. The Bertz CT molecular complexity index is 374. The summed E-state index contributed by atoms with van der Waals surface area (Å²) in [7, 11) is 1.96. The summed E-state index contributed by atoms with van der Waals surface area (Å²) in [6, 6.07) is 4.96. The van der Waals surface area contributed by atoms with E-state index in [1.165, 1.54) is 18.9 Å². The zero-order valence-electron chi connectivity index (χ0n) is 9.78. The molecule has 88 valence electrons. The van der Waals surface area contributed by atoms with Crippen LogP contribution in [-0.2, 0) is 0 Å². The highest BCUT2D eigenvalue weighted by molar-refractivity contribution is 5.54. The van der Waals surface area contributed by atoms with E-state index < -0.39 is 6.10 Å². The molecule has 0 saturated heterocycles. The number of halogens is 1. The van der Waals surface area contributed by atoms with E-state index in [9.17, 15) is 9.50 Å². The summed E-state index contributed by atoms with van der Waals surface area (Å²) in [6.07, 6.45) is 1.77. The Morgan fingerprint density at radius 3 is 2.75 bits per heavy atom. The van der Waals surface area contributed by atoms with E-state index >= 15 is 0 Å². The van der Waals surface area contributed by atoms with Crippen LogP contribution in [0.1, 0.15) is 31.4 Å². The predicted octanol–water partition coefficient (Wildman–Crippen LogP) is 2.73. The van der Waals surface area contributed by atoms with E-state index in [1.54, 1.807) is 13.0 Å². The molecule has 2 nitrogen and oxygen atoms in total. The molecule has 1 fully saturated rings. The van der Waals surface area contributed by atoms with Gasteiger partial charge >= 0.3 is 0 Å². The quantitative estimate of drug-likeness (QED) is 0.848. The van der Waals surface area contributed by atoms with Crippen molar-refractivity contribution in [1.82, 2.24) is 0 Å². The van der Waals surface area contributed by atoms with Gasteiger partial charge in [0.15, 0.2) is 0 Å². The minimum atomic E-state index is -0.766. The second-order valence-corrected chi connectivity index (χ2v) is 4.67. The Balaban J connectivity index is 2.26. The first-order valence-electron chi connectivity index (χ1n) is 5.77. The predicted molar refractivity (Wildman–Crippen MR) is 63.0 cm³/mol. The molecule has 1 aliphatic carbocycles. The lowest BCUT2D eigenvalue weighted by Crippen LogP contribution is -2.22. The minimum Gasteiger partial charge on any atom is -0.389 e. The molecule has 1 saturated carbocycles. The Kier molecular flexibility index (Phi) is 3.15. The zero-order chi connectivity index (χ0) is 11.7. The average molecular weight is 223 g/mol. The van der Waals surface area contributed by atoms with E-state index in [4.69, 9.17) is 0 Å². The normalized spacial score (nSPS) is 17.2. The molecule has 0 radical (unpaired) electrons. The van der Waals surface area contributed by atoms with Crippen LogP contribution in [0.5, 0.6) is 0 Å². The van der Waals surface area contributed by atoms with E-state index in [1.807, 2.05) is 18.0 Å². The monoisotopic (exact) mass is 223 g/mol. The zero-order valence-corrected chi connectivity index (χ0v) is 9.78. The third-order valence-electron chi connectivity index (χ3n) is 3.09. The fourth-order valence-corrected chi connectivity index (χ4v) is 2.06. The highest BCUT2D eigenvalue weighted by Gasteiger charge is 2.25. The molecule has 3 heteroatoms. The summed E-state index contributed by atoms with van der Waals surface area (Å²) in [4.78, 5) is 2.04. The van der Waals surface area contributed by atoms with Gasteiger partial charge in [0.2, 0.25) is 0 Å². The summed E-state index contributed by atoms with van der Waals surface area (Å²) in [6.45, 7) is 2.55. The highest BCUT2D eigenvalue weighted by Crippen LogP contribution is 2.33. The van der Waals surface area contributed by atoms with Crippen molar-refractivity contribution < 1.29 is 9.50 Å². The van der Waals surface area contributed by atoms with Gasteiger partial charge < -0.3 is 10.0 Å². The summed E-state index contributed by atoms with van der Waals surface area (Å²) < 4.78 is 13.6. The number of rotatable bonds is 4. The largest absolute Gasteiger partial charge is 0.389 e. The summed E-state index contributed by atoms with van der Waals surface area (Å²) in [5.74, 6) is 0.422. The SMILES string of the molecule is C[C@H](O)c1c(F)cccc1N(C)CC1CC1. The summed E-state index contributed by atoms with van der Waals surface area (Å²) in [5.41, 5.74) is 1.22. The third kappa shape index (κ3) is 2.35. The number of nitrogens with zero attached hydrogens (tertiary/aromatic N) is 1. The first kappa shape index (κ1) is 11.4. The van der Waals surface area contributed by atoms with Crippen molar-refractivity contribution in [3.8, 4) is 0 Å². The van der Waals surface area contributed by atoms with Crippen LogP contribution in [0, 0.1) is 11.7 Å². The van der Waals surface area contributed by atoms with Crippen molar-refractivity contribution in [2.75, 3.05) is 18.5 Å². The van der Waals surface area contributed by atoms with Crippen LogP contribution in [0.25, 0.3) is 0 Å². The van der Waals surface area contributed by atoms with Gasteiger partial charge in [-0.2, -0.15) is 0 Å². The summed E-state index contributed by atoms with van der Waals surface area (Å²) >= 11 is 0. The maximum Gasteiger partial charge on any atom is 0.131 e. The Morgan fingerprint density at radius 1 is 1.50 bits per heavy atom. The molecule has 1 aliphatic rings. The van der Waals surface area contributed by atoms with Gasteiger partial charge in [-0.05, 0) is 37.8 Å². The summed E-state index contributed by atoms with van der Waals surface area (Å²) in [5, 5.41) is 9.62. The molecule has 0 unspecified atom stereocenters. The highest BCUT2D eigenvalue weighted by atomic mass is 19.1. The Labute approximate surface area is 95.7 Å². The third-order valence-corrected chi connectivity index (χ3v) is 3.09. The number of hydrogen-bond acceptors (Lipinski definition) is 2. The molecule has 16 heavy (non-hydrogen) atoms. The van der Waals surface area contributed by atoms with Gasteiger partial charge in [0.1, 0.15) is 5.82 Å². The van der Waals surface area contributed by atoms with E-state index in [0.717, 1.165) is 18.2 Å². The second kappa shape index (κ2) is 4.42. The number of hydrogen-bond donors (Lipinski definition) is 1. The number of benzene rings is 1.